The first-order valence-corrected chi connectivity index (χ1v) is 7.79. The summed E-state index contributed by atoms with van der Waals surface area (Å²) in [5, 5.41) is 9.01. The highest BCUT2D eigenvalue weighted by Crippen LogP contribution is 2.20. The topological polar surface area (TPSA) is 63.3 Å². The van der Waals surface area contributed by atoms with Gasteiger partial charge in [-0.2, -0.15) is 0 Å². The van der Waals surface area contributed by atoms with Crippen LogP contribution in [0.2, 0.25) is 0 Å². The zero-order chi connectivity index (χ0) is 16.7. The van der Waals surface area contributed by atoms with E-state index >= 15 is 0 Å². The zero-order valence-corrected chi connectivity index (χ0v) is 14.0. The molecule has 0 spiro atoms. The zero-order valence-electron chi connectivity index (χ0n) is 12.4. The van der Waals surface area contributed by atoms with Crippen LogP contribution in [0, 0.1) is 0 Å². The Morgan fingerprint density at radius 3 is 2.96 bits per heavy atom. The maximum Gasteiger partial charge on any atom is 0.335 e. The molecule has 0 aliphatic carbocycles. The average Bonchev–Trinajstić information content (AvgIpc) is 3.01. The summed E-state index contributed by atoms with van der Waals surface area (Å²) in [6.07, 6.45) is 10.7. The Morgan fingerprint density at radius 2 is 2.22 bits per heavy atom. The molecule has 2 rings (SSSR count). The van der Waals surface area contributed by atoms with Gasteiger partial charge in [0.1, 0.15) is 6.26 Å². The largest absolute Gasteiger partial charge is 0.478 e. The highest BCUT2D eigenvalue weighted by Gasteiger charge is 2.09. The summed E-state index contributed by atoms with van der Waals surface area (Å²) in [6, 6.07) is 6.53. The van der Waals surface area contributed by atoms with Crippen molar-refractivity contribution < 1.29 is 14.3 Å². The first kappa shape index (κ1) is 17.0. The third kappa shape index (κ3) is 5.07. The maximum atomic E-state index is 11.0. The lowest BCUT2D eigenvalue weighted by Gasteiger charge is -1.97. The molecule has 1 aromatic carbocycles. The van der Waals surface area contributed by atoms with E-state index in [1.54, 1.807) is 30.5 Å². The molecule has 0 saturated heterocycles. The number of carbonyl (C=O) groups is 1. The summed E-state index contributed by atoms with van der Waals surface area (Å²) < 4.78 is 6.48. The molecule has 118 valence electrons. The monoisotopic (exact) mass is 373 g/mol. The Labute approximate surface area is 143 Å². The van der Waals surface area contributed by atoms with E-state index in [4.69, 9.17) is 9.52 Å². The number of benzene rings is 1. The van der Waals surface area contributed by atoms with Gasteiger partial charge in [-0.3, -0.25) is 0 Å². The number of carboxylic acids is 1. The van der Waals surface area contributed by atoms with Crippen molar-refractivity contribution in [3.05, 3.63) is 77.2 Å². The minimum atomic E-state index is -0.972. The van der Waals surface area contributed by atoms with Crippen molar-refractivity contribution in [2.24, 2.45) is 0 Å². The van der Waals surface area contributed by atoms with Gasteiger partial charge in [-0.1, -0.05) is 52.9 Å². The quantitative estimate of drug-likeness (QED) is 0.548. The molecule has 1 heterocycles. The van der Waals surface area contributed by atoms with Crippen LogP contribution in [0.1, 0.15) is 22.5 Å². The molecule has 0 aliphatic heterocycles. The van der Waals surface area contributed by atoms with E-state index in [0.717, 1.165) is 16.6 Å². The molecule has 0 saturated carbocycles. The minimum absolute atomic E-state index is 0.209. The number of hydrogen-bond acceptors (Lipinski definition) is 3. The fourth-order valence-electron chi connectivity index (χ4n) is 1.91. The lowest BCUT2D eigenvalue weighted by atomic mass is 10.1. The number of aromatic carboxylic acids is 1. The van der Waals surface area contributed by atoms with Gasteiger partial charge >= 0.3 is 5.97 Å². The number of halogens is 1. The predicted molar refractivity (Wildman–Crippen MR) is 93.6 cm³/mol. The third-order valence-corrected chi connectivity index (χ3v) is 3.60. The Bertz CT molecular complexity index is 759. The van der Waals surface area contributed by atoms with Crippen LogP contribution in [-0.4, -0.2) is 16.1 Å². The number of nitrogens with zero attached hydrogens (tertiary/aromatic N) is 1. The SMILES string of the molecule is C=C/C=C(/Br)C/C=C\Cc1coc(-c2cccc(C(=O)O)c2)n1. The second kappa shape index (κ2) is 8.29. The van der Waals surface area contributed by atoms with Gasteiger partial charge in [0.15, 0.2) is 0 Å². The lowest BCUT2D eigenvalue weighted by Crippen LogP contribution is -1.95. The van der Waals surface area contributed by atoms with Crippen LogP contribution in [-0.2, 0) is 6.42 Å². The van der Waals surface area contributed by atoms with Crippen molar-refractivity contribution >= 4 is 21.9 Å². The van der Waals surface area contributed by atoms with Crippen LogP contribution in [0.25, 0.3) is 11.5 Å². The van der Waals surface area contributed by atoms with E-state index in [9.17, 15) is 4.79 Å². The van der Waals surface area contributed by atoms with Crippen LogP contribution in [0.4, 0.5) is 0 Å². The van der Waals surface area contributed by atoms with Crippen molar-refractivity contribution in [2.75, 3.05) is 0 Å². The predicted octanol–water partition coefficient (Wildman–Crippen LogP) is 4.99. The molecule has 5 heteroatoms. The van der Waals surface area contributed by atoms with Crippen molar-refractivity contribution in [3.8, 4) is 11.5 Å². The standard InChI is InChI=1S/C18H16BrNO3/c1-2-6-15(19)9-3-4-10-16-12-23-17(20-16)13-7-5-8-14(11-13)18(21)22/h2-8,11-12H,1,9-10H2,(H,21,22)/b4-3-,15-6+. The van der Waals surface area contributed by atoms with Crippen LogP contribution in [0.5, 0.6) is 0 Å². The van der Waals surface area contributed by atoms with E-state index in [-0.39, 0.29) is 5.56 Å². The molecule has 0 aliphatic rings. The maximum absolute atomic E-state index is 11.0. The normalized spacial score (nSPS) is 11.8. The van der Waals surface area contributed by atoms with E-state index < -0.39 is 5.97 Å². The fourth-order valence-corrected chi connectivity index (χ4v) is 2.29. The van der Waals surface area contributed by atoms with Gasteiger partial charge in [-0.25, -0.2) is 9.78 Å². The molecule has 0 unspecified atom stereocenters. The lowest BCUT2D eigenvalue weighted by molar-refractivity contribution is 0.0697. The minimum Gasteiger partial charge on any atom is -0.478 e. The second-order valence-electron chi connectivity index (χ2n) is 4.76. The average molecular weight is 374 g/mol. The summed E-state index contributed by atoms with van der Waals surface area (Å²) in [5.74, 6) is -0.552. The van der Waals surface area contributed by atoms with Crippen molar-refractivity contribution in [1.82, 2.24) is 4.98 Å². The van der Waals surface area contributed by atoms with Crippen molar-refractivity contribution in [1.29, 1.82) is 0 Å². The van der Waals surface area contributed by atoms with Gasteiger partial charge in [0.25, 0.3) is 0 Å². The van der Waals surface area contributed by atoms with Crippen molar-refractivity contribution in [3.63, 3.8) is 0 Å². The summed E-state index contributed by atoms with van der Waals surface area (Å²) in [5.41, 5.74) is 1.65. The molecule has 0 amide bonds. The Hall–Kier alpha value is -2.40. The first-order chi connectivity index (χ1) is 11.1. The van der Waals surface area contributed by atoms with Crippen LogP contribution >= 0.6 is 15.9 Å². The van der Waals surface area contributed by atoms with Crippen LogP contribution < -0.4 is 0 Å². The molecular formula is C18H16BrNO3. The summed E-state index contributed by atoms with van der Waals surface area (Å²) in [6.45, 7) is 3.64. The van der Waals surface area contributed by atoms with Gasteiger partial charge in [-0.05, 0) is 29.1 Å². The molecule has 0 radical (unpaired) electrons. The van der Waals surface area contributed by atoms with Crippen LogP contribution in [0.3, 0.4) is 0 Å². The van der Waals surface area contributed by atoms with E-state index in [0.29, 0.717) is 17.9 Å². The Kier molecular flexibility index (Phi) is 6.11. The van der Waals surface area contributed by atoms with E-state index in [1.165, 1.54) is 6.07 Å². The second-order valence-corrected chi connectivity index (χ2v) is 5.78. The smallest absolute Gasteiger partial charge is 0.335 e. The van der Waals surface area contributed by atoms with Gasteiger partial charge in [-0.15, -0.1) is 0 Å². The van der Waals surface area contributed by atoms with Gasteiger partial charge in [0.05, 0.1) is 11.3 Å². The Balaban J connectivity index is 2.02. The molecular weight excluding hydrogens is 358 g/mol. The number of carboxylic acid groups (broad SMARTS) is 1. The highest BCUT2D eigenvalue weighted by atomic mass is 79.9. The number of hydrogen-bond donors (Lipinski definition) is 1. The molecule has 4 nitrogen and oxygen atoms in total. The summed E-state index contributed by atoms with van der Waals surface area (Å²) in [4.78, 5) is 15.4. The molecule has 1 aromatic heterocycles. The summed E-state index contributed by atoms with van der Waals surface area (Å²) >= 11 is 3.43. The summed E-state index contributed by atoms with van der Waals surface area (Å²) in [7, 11) is 0. The molecule has 0 fully saturated rings. The number of allylic oxidation sites excluding steroid dienone is 5. The van der Waals surface area contributed by atoms with Gasteiger partial charge < -0.3 is 9.52 Å². The molecule has 2 aromatic rings. The third-order valence-electron chi connectivity index (χ3n) is 3.01. The van der Waals surface area contributed by atoms with Gasteiger partial charge in [0, 0.05) is 12.0 Å². The highest BCUT2D eigenvalue weighted by molar-refractivity contribution is 9.11. The van der Waals surface area contributed by atoms with E-state index in [2.05, 4.69) is 27.5 Å². The van der Waals surface area contributed by atoms with E-state index in [1.807, 2.05) is 18.2 Å². The molecule has 1 N–H and O–H groups in total. The number of aromatic nitrogens is 1. The number of oxazole rings is 1. The van der Waals surface area contributed by atoms with Gasteiger partial charge in [0.2, 0.25) is 5.89 Å². The molecule has 23 heavy (non-hydrogen) atoms. The van der Waals surface area contributed by atoms with Crippen LogP contribution in [0.15, 0.2) is 70.3 Å². The van der Waals surface area contributed by atoms with Crippen molar-refractivity contribution in [2.45, 2.75) is 12.8 Å². The first-order valence-electron chi connectivity index (χ1n) is 7.00. The Morgan fingerprint density at radius 1 is 1.39 bits per heavy atom. The molecule has 0 bridgehead atoms. The number of rotatable bonds is 7. The molecule has 0 atom stereocenters. The fraction of sp³-hybridized carbons (Fsp3) is 0.111.